The number of primary amides is 1. The van der Waals surface area contributed by atoms with Gasteiger partial charge in [0.1, 0.15) is 0 Å². The molecule has 0 aliphatic heterocycles. The molecule has 1 heterocycles. The highest BCUT2D eigenvalue weighted by Gasteiger charge is 2.16. The van der Waals surface area contributed by atoms with Crippen LogP contribution >= 0.6 is 23.7 Å². The lowest BCUT2D eigenvalue weighted by molar-refractivity contribution is -0.117. The van der Waals surface area contributed by atoms with Crippen molar-refractivity contribution in [1.29, 1.82) is 0 Å². The van der Waals surface area contributed by atoms with Gasteiger partial charge in [-0.1, -0.05) is 30.3 Å². The third kappa shape index (κ3) is 4.63. The number of thiophene rings is 1. The van der Waals surface area contributed by atoms with E-state index >= 15 is 0 Å². The maximum absolute atomic E-state index is 11.0. The van der Waals surface area contributed by atoms with Gasteiger partial charge < -0.3 is 11.1 Å². The summed E-state index contributed by atoms with van der Waals surface area (Å²) in [5.41, 5.74) is 7.73. The molecule has 0 aliphatic carbocycles. The van der Waals surface area contributed by atoms with Crippen LogP contribution in [0.4, 0.5) is 0 Å². The Bertz CT molecular complexity index is 542. The van der Waals surface area contributed by atoms with Gasteiger partial charge in [-0.05, 0) is 35.9 Å². The standard InChI is InChI=1S/C15H18N2OS.ClH/c1-11-7-8-19-15(11)13(17-10-14(16)18)9-12-5-3-2-4-6-12;/h2-8,13,17H,9-10H2,1H3,(H2,16,18);1H. The lowest BCUT2D eigenvalue weighted by atomic mass is 10.0. The number of hydrogen-bond acceptors (Lipinski definition) is 3. The Morgan fingerprint density at radius 3 is 2.55 bits per heavy atom. The van der Waals surface area contributed by atoms with Crippen LogP contribution in [-0.4, -0.2) is 12.5 Å². The monoisotopic (exact) mass is 310 g/mol. The van der Waals surface area contributed by atoms with Crippen molar-refractivity contribution < 1.29 is 4.79 Å². The summed E-state index contributed by atoms with van der Waals surface area (Å²) >= 11 is 1.71. The van der Waals surface area contributed by atoms with E-state index in [1.807, 2.05) is 18.2 Å². The van der Waals surface area contributed by atoms with Crippen molar-refractivity contribution in [2.75, 3.05) is 6.54 Å². The van der Waals surface area contributed by atoms with E-state index in [2.05, 4.69) is 35.8 Å². The smallest absolute Gasteiger partial charge is 0.231 e. The molecule has 1 atom stereocenters. The lowest BCUT2D eigenvalue weighted by Gasteiger charge is -2.18. The van der Waals surface area contributed by atoms with E-state index in [0.29, 0.717) is 0 Å². The molecule has 0 saturated heterocycles. The summed E-state index contributed by atoms with van der Waals surface area (Å²) in [6.45, 7) is 2.30. The average molecular weight is 311 g/mol. The Morgan fingerprint density at radius 1 is 1.30 bits per heavy atom. The van der Waals surface area contributed by atoms with Crippen molar-refractivity contribution >= 4 is 29.7 Å². The first-order chi connectivity index (χ1) is 9.16. The Hall–Kier alpha value is -1.36. The minimum Gasteiger partial charge on any atom is -0.369 e. The third-order valence-corrected chi connectivity index (χ3v) is 4.16. The van der Waals surface area contributed by atoms with Crippen LogP contribution in [0.25, 0.3) is 0 Å². The second-order valence-electron chi connectivity index (χ2n) is 4.56. The fourth-order valence-corrected chi connectivity index (χ4v) is 3.08. The summed E-state index contributed by atoms with van der Waals surface area (Å²) < 4.78 is 0. The highest BCUT2D eigenvalue weighted by molar-refractivity contribution is 7.10. The molecule has 5 heteroatoms. The van der Waals surface area contributed by atoms with E-state index in [9.17, 15) is 4.79 Å². The van der Waals surface area contributed by atoms with E-state index in [-0.39, 0.29) is 30.9 Å². The van der Waals surface area contributed by atoms with Gasteiger partial charge in [-0.15, -0.1) is 23.7 Å². The molecule has 0 aliphatic rings. The highest BCUT2D eigenvalue weighted by Crippen LogP contribution is 2.26. The number of amides is 1. The first-order valence-corrected chi connectivity index (χ1v) is 7.14. The number of nitrogens with two attached hydrogens (primary N) is 1. The number of nitrogens with one attached hydrogen (secondary N) is 1. The summed E-state index contributed by atoms with van der Waals surface area (Å²) in [5.74, 6) is -0.327. The molecule has 0 fully saturated rings. The van der Waals surface area contributed by atoms with Crippen LogP contribution in [-0.2, 0) is 11.2 Å². The number of halogens is 1. The van der Waals surface area contributed by atoms with Gasteiger partial charge in [0.15, 0.2) is 0 Å². The SMILES string of the molecule is Cc1ccsc1C(Cc1ccccc1)NCC(N)=O.Cl. The first-order valence-electron chi connectivity index (χ1n) is 6.26. The van der Waals surface area contributed by atoms with Crippen LogP contribution in [0.3, 0.4) is 0 Å². The Kier molecular flexibility index (Phi) is 6.71. The Balaban J connectivity index is 0.00000200. The number of aryl methyl sites for hydroxylation is 1. The van der Waals surface area contributed by atoms with Gasteiger partial charge in [0.25, 0.3) is 0 Å². The minimum atomic E-state index is -0.327. The molecule has 0 radical (unpaired) electrons. The van der Waals surface area contributed by atoms with E-state index < -0.39 is 0 Å². The number of carbonyl (C=O) groups is 1. The van der Waals surface area contributed by atoms with Gasteiger partial charge in [0, 0.05) is 10.9 Å². The molecule has 108 valence electrons. The third-order valence-electron chi connectivity index (χ3n) is 3.02. The maximum Gasteiger partial charge on any atom is 0.231 e. The molecule has 0 bridgehead atoms. The van der Waals surface area contributed by atoms with Crippen molar-refractivity contribution in [3.63, 3.8) is 0 Å². The van der Waals surface area contributed by atoms with E-state index in [0.717, 1.165) is 6.42 Å². The number of benzene rings is 1. The van der Waals surface area contributed by atoms with Crippen LogP contribution in [0.5, 0.6) is 0 Å². The summed E-state index contributed by atoms with van der Waals surface area (Å²) in [6.07, 6.45) is 0.857. The van der Waals surface area contributed by atoms with Crippen LogP contribution < -0.4 is 11.1 Å². The van der Waals surface area contributed by atoms with Crippen molar-refractivity contribution in [1.82, 2.24) is 5.32 Å². The largest absolute Gasteiger partial charge is 0.369 e. The van der Waals surface area contributed by atoms with Crippen molar-refractivity contribution in [2.45, 2.75) is 19.4 Å². The molecule has 2 aromatic rings. The first kappa shape index (κ1) is 16.7. The second kappa shape index (κ2) is 8.04. The van der Waals surface area contributed by atoms with Crippen LogP contribution in [0, 0.1) is 6.92 Å². The quantitative estimate of drug-likeness (QED) is 0.862. The topological polar surface area (TPSA) is 55.1 Å². The normalized spacial score (nSPS) is 11.7. The molecular weight excluding hydrogens is 292 g/mol. The number of hydrogen-bond donors (Lipinski definition) is 2. The minimum absolute atomic E-state index is 0. The zero-order valence-electron chi connectivity index (χ0n) is 11.3. The molecule has 0 saturated carbocycles. The predicted molar refractivity (Wildman–Crippen MR) is 86.4 cm³/mol. The molecule has 0 spiro atoms. The summed E-state index contributed by atoms with van der Waals surface area (Å²) in [5, 5.41) is 5.32. The Morgan fingerprint density at radius 2 is 2.00 bits per heavy atom. The van der Waals surface area contributed by atoms with Gasteiger partial charge in [-0.3, -0.25) is 4.79 Å². The molecule has 3 N–H and O–H groups in total. The fraction of sp³-hybridized carbons (Fsp3) is 0.267. The zero-order chi connectivity index (χ0) is 13.7. The highest BCUT2D eigenvalue weighted by atomic mass is 35.5. The lowest BCUT2D eigenvalue weighted by Crippen LogP contribution is -2.32. The van der Waals surface area contributed by atoms with Gasteiger partial charge in [-0.25, -0.2) is 0 Å². The van der Waals surface area contributed by atoms with Gasteiger partial charge in [0.05, 0.1) is 6.54 Å². The predicted octanol–water partition coefficient (Wildman–Crippen LogP) is 2.84. The van der Waals surface area contributed by atoms with Gasteiger partial charge >= 0.3 is 0 Å². The number of carbonyl (C=O) groups excluding carboxylic acids is 1. The van der Waals surface area contributed by atoms with E-state index in [1.165, 1.54) is 16.0 Å². The molecule has 1 unspecified atom stereocenters. The van der Waals surface area contributed by atoms with Crippen LogP contribution in [0.1, 0.15) is 22.0 Å². The van der Waals surface area contributed by atoms with Gasteiger partial charge in [-0.2, -0.15) is 0 Å². The van der Waals surface area contributed by atoms with Crippen molar-refractivity contribution in [3.05, 3.63) is 57.8 Å². The zero-order valence-corrected chi connectivity index (χ0v) is 13.0. The average Bonchev–Trinajstić information content (AvgIpc) is 2.82. The maximum atomic E-state index is 11.0. The van der Waals surface area contributed by atoms with Crippen molar-refractivity contribution in [2.24, 2.45) is 5.73 Å². The summed E-state index contributed by atoms with van der Waals surface area (Å²) in [7, 11) is 0. The molecular formula is C15H19ClN2OS. The number of rotatable bonds is 6. The van der Waals surface area contributed by atoms with Crippen LogP contribution in [0.2, 0.25) is 0 Å². The van der Waals surface area contributed by atoms with Crippen LogP contribution in [0.15, 0.2) is 41.8 Å². The molecule has 1 aromatic heterocycles. The molecule has 1 aromatic carbocycles. The molecule has 20 heavy (non-hydrogen) atoms. The second-order valence-corrected chi connectivity index (χ2v) is 5.51. The summed E-state index contributed by atoms with van der Waals surface area (Å²) in [6, 6.07) is 12.5. The molecule has 2 rings (SSSR count). The summed E-state index contributed by atoms with van der Waals surface area (Å²) in [4.78, 5) is 12.2. The van der Waals surface area contributed by atoms with Crippen molar-refractivity contribution in [3.8, 4) is 0 Å². The van der Waals surface area contributed by atoms with Gasteiger partial charge in [0.2, 0.25) is 5.91 Å². The molecule has 3 nitrogen and oxygen atoms in total. The van der Waals surface area contributed by atoms with E-state index in [4.69, 9.17) is 5.73 Å². The fourth-order valence-electron chi connectivity index (χ4n) is 2.07. The Labute approximate surface area is 129 Å². The van der Waals surface area contributed by atoms with E-state index in [1.54, 1.807) is 11.3 Å². The molecule has 1 amide bonds.